The Hall–Kier alpha value is -1.95. The molecule has 1 saturated heterocycles. The molecule has 1 aliphatic heterocycles. The lowest BCUT2D eigenvalue weighted by Crippen LogP contribution is -2.31. The van der Waals surface area contributed by atoms with Crippen molar-refractivity contribution in [2.45, 2.75) is 31.7 Å². The molecule has 1 aromatic heterocycles. The summed E-state index contributed by atoms with van der Waals surface area (Å²) in [4.78, 5) is 6.52. The van der Waals surface area contributed by atoms with Gasteiger partial charge >= 0.3 is 0 Å². The van der Waals surface area contributed by atoms with E-state index in [0.717, 1.165) is 31.0 Å². The van der Waals surface area contributed by atoms with E-state index in [1.54, 1.807) is 13.3 Å². The molecule has 0 unspecified atom stereocenters. The van der Waals surface area contributed by atoms with Gasteiger partial charge in [0, 0.05) is 32.4 Å². The lowest BCUT2D eigenvalue weighted by atomic mass is 10.2. The maximum atomic E-state index is 9.53. The Morgan fingerprint density at radius 2 is 2.04 bits per heavy atom. The molecular formula is C19H24N2O3. The highest BCUT2D eigenvalue weighted by molar-refractivity contribution is 5.27. The third kappa shape index (κ3) is 4.32. The third-order valence-electron chi connectivity index (χ3n) is 4.46. The van der Waals surface area contributed by atoms with Gasteiger partial charge in [-0.3, -0.25) is 9.88 Å². The monoisotopic (exact) mass is 328 g/mol. The zero-order chi connectivity index (χ0) is 16.8. The Labute approximate surface area is 142 Å². The van der Waals surface area contributed by atoms with Crippen LogP contribution in [0.1, 0.15) is 17.7 Å². The third-order valence-corrected chi connectivity index (χ3v) is 4.46. The predicted octanol–water partition coefficient (Wildman–Crippen LogP) is 2.24. The first-order valence-electron chi connectivity index (χ1n) is 8.28. The van der Waals surface area contributed by atoms with Crippen LogP contribution in [-0.4, -0.2) is 47.4 Å². The fraction of sp³-hybridized carbons (Fsp3) is 0.421. The minimum absolute atomic E-state index is 0.172. The van der Waals surface area contributed by atoms with Gasteiger partial charge in [-0.25, -0.2) is 0 Å². The van der Waals surface area contributed by atoms with Gasteiger partial charge < -0.3 is 14.6 Å². The second kappa shape index (κ2) is 8.24. The van der Waals surface area contributed by atoms with Crippen LogP contribution >= 0.6 is 0 Å². The topological polar surface area (TPSA) is 54.8 Å². The highest BCUT2D eigenvalue weighted by Crippen LogP contribution is 2.23. The van der Waals surface area contributed by atoms with Gasteiger partial charge in [0.15, 0.2) is 0 Å². The van der Waals surface area contributed by atoms with E-state index in [1.807, 2.05) is 30.3 Å². The molecule has 0 bridgehead atoms. The average Bonchev–Trinajstić information content (AvgIpc) is 3.04. The first-order chi connectivity index (χ1) is 11.8. The largest absolute Gasteiger partial charge is 0.487 e. The van der Waals surface area contributed by atoms with Crippen LogP contribution in [0.15, 0.2) is 48.7 Å². The molecule has 2 aromatic rings. The molecule has 2 atom stereocenters. The van der Waals surface area contributed by atoms with E-state index in [0.29, 0.717) is 6.61 Å². The molecular weight excluding hydrogens is 304 g/mol. The molecule has 2 heterocycles. The summed E-state index contributed by atoms with van der Waals surface area (Å²) < 4.78 is 11.2. The fourth-order valence-corrected chi connectivity index (χ4v) is 3.06. The lowest BCUT2D eigenvalue weighted by molar-refractivity contribution is 0.107. The van der Waals surface area contributed by atoms with E-state index in [-0.39, 0.29) is 18.8 Å². The van der Waals surface area contributed by atoms with Gasteiger partial charge in [-0.15, -0.1) is 0 Å². The summed E-state index contributed by atoms with van der Waals surface area (Å²) in [5.74, 6) is 0.833. The van der Waals surface area contributed by atoms with Crippen LogP contribution in [0, 0.1) is 0 Å². The Kier molecular flexibility index (Phi) is 5.80. The SMILES string of the molecule is CO[C@H]1C[C@@H](CO)N(Cc2ccc(OCc3ccccn3)cc2)C1. The molecule has 0 spiro atoms. The molecule has 3 rings (SSSR count). The van der Waals surface area contributed by atoms with Crippen LogP contribution in [0.5, 0.6) is 5.75 Å². The summed E-state index contributed by atoms with van der Waals surface area (Å²) in [7, 11) is 1.73. The average molecular weight is 328 g/mol. The molecule has 1 fully saturated rings. The van der Waals surface area contributed by atoms with Gasteiger partial charge in [-0.1, -0.05) is 18.2 Å². The van der Waals surface area contributed by atoms with E-state index in [2.05, 4.69) is 22.0 Å². The van der Waals surface area contributed by atoms with Crippen LogP contribution < -0.4 is 4.74 Å². The summed E-state index contributed by atoms with van der Waals surface area (Å²) in [6, 6.07) is 14.1. The molecule has 1 aromatic carbocycles. The van der Waals surface area contributed by atoms with Gasteiger partial charge in [0.1, 0.15) is 12.4 Å². The van der Waals surface area contributed by atoms with Crippen molar-refractivity contribution in [1.29, 1.82) is 0 Å². The van der Waals surface area contributed by atoms with Crippen molar-refractivity contribution >= 4 is 0 Å². The number of rotatable bonds is 7. The van der Waals surface area contributed by atoms with E-state index in [1.165, 1.54) is 5.56 Å². The van der Waals surface area contributed by atoms with Gasteiger partial charge in [0.25, 0.3) is 0 Å². The molecule has 5 heteroatoms. The summed E-state index contributed by atoms with van der Waals surface area (Å²) >= 11 is 0. The molecule has 0 aliphatic carbocycles. The summed E-state index contributed by atoms with van der Waals surface area (Å²) in [6.07, 6.45) is 2.86. The number of aliphatic hydroxyl groups excluding tert-OH is 1. The van der Waals surface area contributed by atoms with Gasteiger partial charge in [0.05, 0.1) is 18.4 Å². The Balaban J connectivity index is 1.54. The number of aliphatic hydroxyl groups is 1. The van der Waals surface area contributed by atoms with Crippen molar-refractivity contribution in [2.75, 3.05) is 20.3 Å². The molecule has 0 radical (unpaired) electrons. The van der Waals surface area contributed by atoms with Crippen LogP contribution in [0.4, 0.5) is 0 Å². The highest BCUT2D eigenvalue weighted by atomic mass is 16.5. The fourth-order valence-electron chi connectivity index (χ4n) is 3.06. The van der Waals surface area contributed by atoms with Crippen LogP contribution in [0.25, 0.3) is 0 Å². The Morgan fingerprint density at radius 3 is 2.71 bits per heavy atom. The van der Waals surface area contributed by atoms with Crippen molar-refractivity contribution in [3.63, 3.8) is 0 Å². The Morgan fingerprint density at radius 1 is 1.21 bits per heavy atom. The lowest BCUT2D eigenvalue weighted by Gasteiger charge is -2.22. The number of hydrogen-bond donors (Lipinski definition) is 1. The minimum atomic E-state index is 0.172. The quantitative estimate of drug-likeness (QED) is 0.845. The zero-order valence-corrected chi connectivity index (χ0v) is 14.0. The number of nitrogens with zero attached hydrogens (tertiary/aromatic N) is 2. The molecule has 0 saturated carbocycles. The number of likely N-dealkylation sites (tertiary alicyclic amines) is 1. The number of benzene rings is 1. The zero-order valence-electron chi connectivity index (χ0n) is 14.0. The molecule has 24 heavy (non-hydrogen) atoms. The first kappa shape index (κ1) is 16.9. The van der Waals surface area contributed by atoms with Gasteiger partial charge in [0.2, 0.25) is 0 Å². The van der Waals surface area contributed by atoms with Crippen LogP contribution in [0.3, 0.4) is 0 Å². The van der Waals surface area contributed by atoms with E-state index < -0.39 is 0 Å². The summed E-state index contributed by atoms with van der Waals surface area (Å²) in [5.41, 5.74) is 2.12. The van der Waals surface area contributed by atoms with Crippen LogP contribution in [0.2, 0.25) is 0 Å². The van der Waals surface area contributed by atoms with Gasteiger partial charge in [-0.2, -0.15) is 0 Å². The molecule has 1 N–H and O–H groups in total. The van der Waals surface area contributed by atoms with E-state index in [4.69, 9.17) is 9.47 Å². The standard InChI is InChI=1S/C19H24N2O3/c1-23-19-10-17(13-22)21(12-19)11-15-5-7-18(8-6-15)24-14-16-4-2-3-9-20-16/h2-9,17,19,22H,10-14H2,1H3/t17-,19-/m0/s1. The smallest absolute Gasteiger partial charge is 0.130 e. The normalized spacial score (nSPS) is 21.1. The second-order valence-corrected chi connectivity index (χ2v) is 6.11. The summed E-state index contributed by atoms with van der Waals surface area (Å²) in [5, 5.41) is 9.53. The maximum Gasteiger partial charge on any atom is 0.130 e. The molecule has 0 amide bonds. The van der Waals surface area contributed by atoms with Crippen molar-refractivity contribution < 1.29 is 14.6 Å². The summed E-state index contributed by atoms with van der Waals surface area (Å²) in [6.45, 7) is 2.31. The number of pyridine rings is 1. The highest BCUT2D eigenvalue weighted by Gasteiger charge is 2.31. The molecule has 128 valence electrons. The van der Waals surface area contributed by atoms with Gasteiger partial charge in [-0.05, 0) is 36.2 Å². The van der Waals surface area contributed by atoms with E-state index in [9.17, 15) is 5.11 Å². The Bertz CT molecular complexity index is 618. The number of ether oxygens (including phenoxy) is 2. The number of hydrogen-bond acceptors (Lipinski definition) is 5. The first-order valence-corrected chi connectivity index (χ1v) is 8.28. The number of aromatic nitrogens is 1. The van der Waals surface area contributed by atoms with Crippen molar-refractivity contribution in [3.05, 3.63) is 59.9 Å². The predicted molar refractivity (Wildman–Crippen MR) is 91.7 cm³/mol. The minimum Gasteiger partial charge on any atom is -0.487 e. The maximum absolute atomic E-state index is 9.53. The van der Waals surface area contributed by atoms with Crippen molar-refractivity contribution in [1.82, 2.24) is 9.88 Å². The van der Waals surface area contributed by atoms with Crippen molar-refractivity contribution in [3.8, 4) is 5.75 Å². The number of methoxy groups -OCH3 is 1. The van der Waals surface area contributed by atoms with Crippen LogP contribution in [-0.2, 0) is 17.9 Å². The van der Waals surface area contributed by atoms with E-state index >= 15 is 0 Å². The molecule has 1 aliphatic rings. The second-order valence-electron chi connectivity index (χ2n) is 6.11. The molecule has 5 nitrogen and oxygen atoms in total. The van der Waals surface area contributed by atoms with Crippen molar-refractivity contribution in [2.24, 2.45) is 0 Å².